The lowest BCUT2D eigenvalue weighted by Gasteiger charge is -2.20. The molecule has 2 rings (SSSR count). The van der Waals surface area contributed by atoms with Gasteiger partial charge < -0.3 is 9.47 Å². The third kappa shape index (κ3) is 6.05. The van der Waals surface area contributed by atoms with E-state index in [4.69, 9.17) is 9.47 Å². The van der Waals surface area contributed by atoms with Crippen molar-refractivity contribution in [2.45, 2.75) is 59.3 Å². The van der Waals surface area contributed by atoms with Gasteiger partial charge in [-0.25, -0.2) is 4.39 Å². The Morgan fingerprint density at radius 1 is 0.769 bits per heavy atom. The number of aryl methyl sites for hydroxylation is 1. The molecule has 0 unspecified atom stereocenters. The van der Waals surface area contributed by atoms with E-state index in [2.05, 4.69) is 45.9 Å². The van der Waals surface area contributed by atoms with Gasteiger partial charge in [0.25, 0.3) is 0 Å². The molecule has 0 amide bonds. The molecule has 26 heavy (non-hydrogen) atoms. The fraction of sp³-hybridized carbons (Fsp3) is 0.478. The van der Waals surface area contributed by atoms with E-state index in [-0.39, 0.29) is 16.6 Å². The predicted octanol–water partition coefficient (Wildman–Crippen LogP) is 6.43. The first-order valence-corrected chi connectivity index (χ1v) is 8.89. The summed E-state index contributed by atoms with van der Waals surface area (Å²) in [6.07, 6.45) is 0. The van der Waals surface area contributed by atoms with Gasteiger partial charge >= 0.3 is 0 Å². The fourth-order valence-electron chi connectivity index (χ4n) is 2.49. The lowest BCUT2D eigenvalue weighted by Crippen LogP contribution is -2.13. The zero-order chi connectivity index (χ0) is 20.1. The number of methoxy groups -OCH3 is 2. The Labute approximate surface area is 158 Å². The van der Waals surface area contributed by atoms with E-state index in [0.29, 0.717) is 11.3 Å². The highest BCUT2D eigenvalue weighted by atomic mass is 19.1. The lowest BCUT2D eigenvalue weighted by atomic mass is 9.86. The third-order valence-corrected chi connectivity index (χ3v) is 4.26. The highest BCUT2D eigenvalue weighted by Gasteiger charge is 2.18. The van der Waals surface area contributed by atoms with Crippen LogP contribution in [0, 0.1) is 12.7 Å². The summed E-state index contributed by atoms with van der Waals surface area (Å²) in [7, 11) is 3.30. The molecule has 2 aromatic rings. The molecule has 0 aliphatic carbocycles. The van der Waals surface area contributed by atoms with Crippen LogP contribution in [0.1, 0.15) is 58.2 Å². The van der Waals surface area contributed by atoms with Crippen LogP contribution in [0.4, 0.5) is 4.39 Å². The average Bonchev–Trinajstić information content (AvgIpc) is 2.54. The maximum atomic E-state index is 13.3. The van der Waals surface area contributed by atoms with Crippen molar-refractivity contribution in [1.29, 1.82) is 0 Å². The van der Waals surface area contributed by atoms with Crippen LogP contribution in [-0.4, -0.2) is 14.2 Å². The van der Waals surface area contributed by atoms with Gasteiger partial charge in [0.1, 0.15) is 17.3 Å². The van der Waals surface area contributed by atoms with E-state index in [1.807, 2.05) is 20.8 Å². The monoisotopic (exact) mass is 360 g/mol. The first kappa shape index (κ1) is 22.0. The van der Waals surface area contributed by atoms with E-state index >= 15 is 0 Å². The van der Waals surface area contributed by atoms with Crippen molar-refractivity contribution >= 4 is 0 Å². The molecule has 0 aliphatic rings. The number of rotatable bonds is 2. The quantitative estimate of drug-likeness (QED) is 0.614. The summed E-state index contributed by atoms with van der Waals surface area (Å²) >= 11 is 0. The van der Waals surface area contributed by atoms with Gasteiger partial charge in [-0.2, -0.15) is 0 Å². The van der Waals surface area contributed by atoms with E-state index in [0.717, 1.165) is 5.75 Å². The largest absolute Gasteiger partial charge is 0.497 e. The van der Waals surface area contributed by atoms with Crippen LogP contribution in [-0.2, 0) is 10.8 Å². The Morgan fingerprint density at radius 2 is 1.38 bits per heavy atom. The first-order chi connectivity index (χ1) is 11.9. The molecule has 0 N–H and O–H groups in total. The highest BCUT2D eigenvalue weighted by Crippen LogP contribution is 2.29. The van der Waals surface area contributed by atoms with Crippen molar-refractivity contribution in [3.05, 3.63) is 58.9 Å². The molecule has 0 saturated heterocycles. The molecule has 0 atom stereocenters. The van der Waals surface area contributed by atoms with Crippen LogP contribution in [0.25, 0.3) is 0 Å². The smallest absolute Gasteiger partial charge is 0.127 e. The second kappa shape index (κ2) is 8.57. The predicted molar refractivity (Wildman–Crippen MR) is 108 cm³/mol. The minimum absolute atomic E-state index is 0.173. The van der Waals surface area contributed by atoms with Crippen molar-refractivity contribution in [2.75, 3.05) is 14.2 Å². The van der Waals surface area contributed by atoms with Crippen LogP contribution in [0.15, 0.2) is 36.4 Å². The van der Waals surface area contributed by atoms with Gasteiger partial charge in [0.2, 0.25) is 0 Å². The Bertz CT molecular complexity index is 722. The summed E-state index contributed by atoms with van der Waals surface area (Å²) in [4.78, 5) is 0. The van der Waals surface area contributed by atoms with Crippen molar-refractivity contribution in [1.82, 2.24) is 0 Å². The van der Waals surface area contributed by atoms with Crippen LogP contribution in [0.2, 0.25) is 0 Å². The van der Waals surface area contributed by atoms with Gasteiger partial charge in [0, 0.05) is 0 Å². The molecule has 144 valence electrons. The van der Waals surface area contributed by atoms with Crippen molar-refractivity contribution < 1.29 is 13.9 Å². The van der Waals surface area contributed by atoms with Crippen LogP contribution in [0.3, 0.4) is 0 Å². The normalized spacial score (nSPS) is 11.5. The zero-order valence-electron chi connectivity index (χ0n) is 17.7. The molecule has 0 bridgehead atoms. The molecule has 2 nitrogen and oxygen atoms in total. The minimum Gasteiger partial charge on any atom is -0.497 e. The summed E-state index contributed by atoms with van der Waals surface area (Å²) in [6, 6.07) is 11.2. The Balaban J connectivity index is 0.000000260. The van der Waals surface area contributed by atoms with Gasteiger partial charge in [0.05, 0.1) is 14.2 Å². The maximum absolute atomic E-state index is 13.3. The topological polar surface area (TPSA) is 18.5 Å². The summed E-state index contributed by atoms with van der Waals surface area (Å²) in [5.41, 5.74) is 3.21. The van der Waals surface area contributed by atoms with E-state index in [1.54, 1.807) is 26.4 Å². The van der Waals surface area contributed by atoms with Gasteiger partial charge in [-0.3, -0.25) is 0 Å². The lowest BCUT2D eigenvalue weighted by molar-refractivity contribution is 0.409. The van der Waals surface area contributed by atoms with E-state index < -0.39 is 0 Å². The Kier molecular flexibility index (Phi) is 7.25. The van der Waals surface area contributed by atoms with Gasteiger partial charge in [0.15, 0.2) is 0 Å². The maximum Gasteiger partial charge on any atom is 0.127 e. The molecule has 0 aromatic heterocycles. The van der Waals surface area contributed by atoms with Crippen LogP contribution in [0.5, 0.6) is 11.5 Å². The highest BCUT2D eigenvalue weighted by molar-refractivity contribution is 5.39. The Hall–Kier alpha value is -2.03. The summed E-state index contributed by atoms with van der Waals surface area (Å²) in [6.45, 7) is 14.6. The molecule has 3 heteroatoms. The van der Waals surface area contributed by atoms with Gasteiger partial charge in [-0.1, -0.05) is 53.7 Å². The molecular weight excluding hydrogens is 327 g/mol. The fourth-order valence-corrected chi connectivity index (χ4v) is 2.49. The SMILES string of the molecule is COc1cc(C(C)(C)C)ccc1C.COc1ccc(F)c(C(C)(C)C)c1. The number of ether oxygens (including phenoxy) is 2. The molecule has 0 heterocycles. The Morgan fingerprint density at radius 3 is 1.85 bits per heavy atom. The molecule has 0 saturated carbocycles. The van der Waals surface area contributed by atoms with Crippen molar-refractivity contribution in [3.8, 4) is 11.5 Å². The van der Waals surface area contributed by atoms with Crippen molar-refractivity contribution in [2.24, 2.45) is 0 Å². The molecule has 0 fully saturated rings. The molecule has 0 aliphatic heterocycles. The second-order valence-electron chi connectivity index (χ2n) is 8.53. The van der Waals surface area contributed by atoms with Crippen LogP contribution < -0.4 is 9.47 Å². The number of benzene rings is 2. The minimum atomic E-state index is -0.182. The second-order valence-corrected chi connectivity index (χ2v) is 8.53. The van der Waals surface area contributed by atoms with E-state index in [1.165, 1.54) is 17.2 Å². The molecule has 0 radical (unpaired) electrons. The number of halogens is 1. The van der Waals surface area contributed by atoms with E-state index in [9.17, 15) is 4.39 Å². The standard InChI is InChI=1S/C12H18O.C11H15FO/c1-9-6-7-10(12(2,3)4)8-11(9)13-5;1-11(2,3)9-7-8(13-4)5-6-10(9)12/h6-8H,1-5H3;5-7H,1-4H3. The van der Waals surface area contributed by atoms with Crippen LogP contribution >= 0.6 is 0 Å². The number of hydrogen-bond acceptors (Lipinski definition) is 2. The summed E-state index contributed by atoms with van der Waals surface area (Å²) in [5.74, 6) is 1.51. The molecule has 0 spiro atoms. The van der Waals surface area contributed by atoms with Gasteiger partial charge in [-0.15, -0.1) is 0 Å². The first-order valence-electron chi connectivity index (χ1n) is 8.89. The summed E-state index contributed by atoms with van der Waals surface area (Å²) in [5, 5.41) is 0. The molecular formula is C23H33FO2. The summed E-state index contributed by atoms with van der Waals surface area (Å²) < 4.78 is 23.7. The van der Waals surface area contributed by atoms with Crippen molar-refractivity contribution in [3.63, 3.8) is 0 Å². The van der Waals surface area contributed by atoms with Gasteiger partial charge in [-0.05, 0) is 58.7 Å². The molecule has 2 aromatic carbocycles. The zero-order valence-corrected chi connectivity index (χ0v) is 17.7. The third-order valence-electron chi connectivity index (χ3n) is 4.26. The number of hydrogen-bond donors (Lipinski definition) is 0. The average molecular weight is 361 g/mol.